The molecule has 0 spiro atoms. The van der Waals surface area contributed by atoms with Crippen LogP contribution in [-0.2, 0) is 6.42 Å². The third-order valence-electron chi connectivity index (χ3n) is 5.20. The Kier molecular flexibility index (Phi) is 4.18. The Hall–Kier alpha value is -3.85. The quantitative estimate of drug-likeness (QED) is 0.625. The van der Waals surface area contributed by atoms with E-state index in [1.807, 2.05) is 30.3 Å². The molecule has 0 saturated carbocycles. The van der Waals surface area contributed by atoms with E-state index in [2.05, 4.69) is 30.3 Å². The van der Waals surface area contributed by atoms with Gasteiger partial charge in [-0.1, -0.05) is 25.3 Å². The summed E-state index contributed by atoms with van der Waals surface area (Å²) in [4.78, 5) is 26.4. The zero-order chi connectivity index (χ0) is 20.7. The van der Waals surface area contributed by atoms with Crippen LogP contribution in [0.5, 0.6) is 0 Å². The molecule has 0 unspecified atom stereocenters. The molecule has 0 atom stereocenters. The molecule has 5 rings (SSSR count). The van der Waals surface area contributed by atoms with Crippen LogP contribution >= 0.6 is 0 Å². The molecule has 3 aromatic heterocycles. The summed E-state index contributed by atoms with van der Waals surface area (Å²) in [5.74, 6) is 1.31. The minimum atomic E-state index is -0.103. The number of hydrogen-bond donors (Lipinski definition) is 0. The van der Waals surface area contributed by atoms with Crippen molar-refractivity contribution in [3.8, 4) is 17.2 Å². The molecule has 0 fully saturated rings. The van der Waals surface area contributed by atoms with E-state index in [1.54, 1.807) is 29.2 Å². The van der Waals surface area contributed by atoms with Gasteiger partial charge in [-0.2, -0.15) is 0 Å². The molecular weight excluding hydrogens is 374 g/mol. The van der Waals surface area contributed by atoms with Gasteiger partial charge in [0.2, 0.25) is 0 Å². The van der Waals surface area contributed by atoms with E-state index in [0.29, 0.717) is 29.3 Å². The van der Waals surface area contributed by atoms with Gasteiger partial charge in [-0.05, 0) is 54.3 Å². The molecule has 3 aromatic rings. The molecule has 0 N–H and O–H groups in total. The predicted octanol–water partition coefficient (Wildman–Crippen LogP) is 4.14. The zero-order valence-electron chi connectivity index (χ0n) is 16.8. The van der Waals surface area contributed by atoms with Crippen LogP contribution in [0.3, 0.4) is 0 Å². The van der Waals surface area contributed by atoms with Gasteiger partial charge < -0.3 is 0 Å². The molecule has 0 aromatic carbocycles. The average molecular weight is 393 g/mol. The fourth-order valence-electron chi connectivity index (χ4n) is 3.81. The molecule has 2 aliphatic carbocycles. The first-order valence-corrected chi connectivity index (χ1v) is 9.79. The highest BCUT2D eigenvalue weighted by Crippen LogP contribution is 2.35. The van der Waals surface area contributed by atoms with Crippen molar-refractivity contribution in [1.82, 2.24) is 24.7 Å². The molecule has 0 saturated heterocycles. The summed E-state index contributed by atoms with van der Waals surface area (Å²) < 4.78 is 1.74. The lowest BCUT2D eigenvalue weighted by molar-refractivity contribution is 0.0910. The van der Waals surface area contributed by atoms with Crippen molar-refractivity contribution >= 4 is 11.4 Å². The van der Waals surface area contributed by atoms with Crippen LogP contribution in [0.1, 0.15) is 42.1 Å². The number of rotatable bonds is 3. The lowest BCUT2D eigenvalue weighted by atomic mass is 9.75. The van der Waals surface area contributed by atoms with E-state index in [1.165, 1.54) is 0 Å². The summed E-state index contributed by atoms with van der Waals surface area (Å²) in [7, 11) is 0. The number of Topliss-reactive ketones (excluding diaryl/α,β-unsaturated/α-hetero) is 1. The number of aromatic nitrogens is 5. The van der Waals surface area contributed by atoms with Gasteiger partial charge in [0.25, 0.3) is 0 Å². The first-order chi connectivity index (χ1) is 14.5. The number of nitrogens with zero attached hydrogens (tertiary/aromatic N) is 5. The van der Waals surface area contributed by atoms with Crippen LogP contribution in [0.2, 0.25) is 0 Å². The minimum Gasteiger partial charge on any atom is -0.294 e. The van der Waals surface area contributed by atoms with E-state index in [4.69, 9.17) is 15.1 Å². The van der Waals surface area contributed by atoms with Crippen LogP contribution in [0.15, 0.2) is 66.3 Å². The van der Waals surface area contributed by atoms with Gasteiger partial charge in [0, 0.05) is 23.8 Å². The topological polar surface area (TPSA) is 73.6 Å². The molecule has 30 heavy (non-hydrogen) atoms. The van der Waals surface area contributed by atoms with Gasteiger partial charge in [-0.15, -0.1) is 5.10 Å². The first-order valence-electron chi connectivity index (χ1n) is 9.79. The van der Waals surface area contributed by atoms with E-state index < -0.39 is 0 Å². The summed E-state index contributed by atoms with van der Waals surface area (Å²) >= 11 is 0. The Morgan fingerprint density at radius 3 is 2.77 bits per heavy atom. The van der Waals surface area contributed by atoms with Crippen molar-refractivity contribution < 1.29 is 4.79 Å². The van der Waals surface area contributed by atoms with Gasteiger partial charge in [0.05, 0.1) is 17.6 Å². The van der Waals surface area contributed by atoms with Gasteiger partial charge >= 0.3 is 0 Å². The maximum atomic E-state index is 12.5. The lowest BCUT2D eigenvalue weighted by Gasteiger charge is -2.29. The number of allylic oxidation sites excluding steroid dienone is 4. The van der Waals surface area contributed by atoms with E-state index in [9.17, 15) is 4.79 Å². The van der Waals surface area contributed by atoms with Gasteiger partial charge in [0.1, 0.15) is 5.69 Å². The summed E-state index contributed by atoms with van der Waals surface area (Å²) in [5.41, 5.74) is 9.56. The van der Waals surface area contributed by atoms with Crippen molar-refractivity contribution in [1.29, 1.82) is 0 Å². The number of hydrogen-bond acceptors (Lipinski definition) is 5. The largest absolute Gasteiger partial charge is 0.294 e. The maximum Gasteiger partial charge on any atom is 0.182 e. The molecule has 0 bridgehead atoms. The standard InChI is InChI=1S/C24H19N5O/c1-24(2)13-20-18(21(30)14-24)10-11-19(26-20)23-27-22(16-7-4-3-5-8-16)28-29(23)17-9-6-12-25-15-17/h4,6-12,15H,13-14H2,1-2H3. The number of carbonyl (C=O) groups excluding carboxylic acids is 1. The van der Waals surface area contributed by atoms with E-state index in [-0.39, 0.29) is 11.2 Å². The molecular formula is C24H19N5O. The smallest absolute Gasteiger partial charge is 0.182 e. The summed E-state index contributed by atoms with van der Waals surface area (Å²) in [6.07, 6.45) is 10.2. The summed E-state index contributed by atoms with van der Waals surface area (Å²) in [6.45, 7) is 4.20. The SMILES string of the molecule is CC1(C)CC(=O)c2ccc(-c3nc(C4=CC=C=C=C4)nn3-c3cccnc3)nc2C1. The van der Waals surface area contributed by atoms with Gasteiger partial charge in [-0.3, -0.25) is 9.78 Å². The molecule has 0 aliphatic heterocycles. The maximum absolute atomic E-state index is 12.5. The molecule has 146 valence electrons. The van der Waals surface area contributed by atoms with Crippen molar-refractivity contribution in [2.45, 2.75) is 26.7 Å². The molecule has 3 heterocycles. The van der Waals surface area contributed by atoms with Crippen molar-refractivity contribution in [2.75, 3.05) is 0 Å². The van der Waals surface area contributed by atoms with E-state index >= 15 is 0 Å². The second-order valence-electron chi connectivity index (χ2n) is 8.24. The molecule has 6 nitrogen and oxygen atoms in total. The van der Waals surface area contributed by atoms with Crippen molar-refractivity contribution in [3.63, 3.8) is 0 Å². The predicted molar refractivity (Wildman–Crippen MR) is 113 cm³/mol. The Bertz CT molecular complexity index is 1300. The van der Waals surface area contributed by atoms with Crippen LogP contribution in [0, 0.1) is 5.41 Å². The molecule has 0 radical (unpaired) electrons. The Morgan fingerprint density at radius 2 is 2.00 bits per heavy atom. The van der Waals surface area contributed by atoms with Crippen molar-refractivity contribution in [2.24, 2.45) is 5.41 Å². The summed E-state index contributed by atoms with van der Waals surface area (Å²) in [5, 5.41) is 4.71. The third kappa shape index (κ3) is 3.25. The second-order valence-corrected chi connectivity index (χ2v) is 8.24. The monoisotopic (exact) mass is 393 g/mol. The highest BCUT2D eigenvalue weighted by Gasteiger charge is 2.32. The minimum absolute atomic E-state index is 0.103. The normalized spacial score (nSPS) is 16.5. The zero-order valence-corrected chi connectivity index (χ0v) is 16.8. The lowest BCUT2D eigenvalue weighted by Crippen LogP contribution is -2.28. The Labute approximate surface area is 174 Å². The van der Waals surface area contributed by atoms with Crippen LogP contribution in [-0.4, -0.2) is 30.5 Å². The fraction of sp³-hybridized carbons (Fsp3) is 0.208. The van der Waals surface area contributed by atoms with E-state index in [0.717, 1.165) is 23.4 Å². The van der Waals surface area contributed by atoms with Crippen LogP contribution < -0.4 is 0 Å². The third-order valence-corrected chi connectivity index (χ3v) is 5.20. The highest BCUT2D eigenvalue weighted by molar-refractivity contribution is 5.98. The molecule has 2 aliphatic rings. The highest BCUT2D eigenvalue weighted by atomic mass is 16.1. The second kappa shape index (κ2) is 6.89. The molecule has 0 amide bonds. The number of ketones is 1. The van der Waals surface area contributed by atoms with Crippen LogP contribution in [0.25, 0.3) is 22.8 Å². The Morgan fingerprint density at radius 1 is 1.10 bits per heavy atom. The first kappa shape index (κ1) is 18.2. The molecule has 6 heteroatoms. The Balaban J connectivity index is 1.66. The fourth-order valence-corrected chi connectivity index (χ4v) is 3.81. The van der Waals surface area contributed by atoms with Crippen molar-refractivity contribution in [3.05, 3.63) is 83.4 Å². The van der Waals surface area contributed by atoms with Gasteiger partial charge in [-0.25, -0.2) is 14.6 Å². The summed E-state index contributed by atoms with van der Waals surface area (Å²) in [6, 6.07) is 7.49. The number of carbonyl (C=O) groups is 1. The van der Waals surface area contributed by atoms with Gasteiger partial charge in [0.15, 0.2) is 17.4 Å². The number of fused-ring (bicyclic) bond motifs is 1. The average Bonchev–Trinajstić information content (AvgIpc) is 3.19. The van der Waals surface area contributed by atoms with Crippen LogP contribution in [0.4, 0.5) is 0 Å². The number of pyridine rings is 2.